The molecule has 0 unspecified atom stereocenters. The highest BCUT2D eigenvalue weighted by atomic mass is 19.1. The Morgan fingerprint density at radius 1 is 1.11 bits per heavy atom. The second-order valence-corrected chi connectivity index (χ2v) is 7.03. The number of likely N-dealkylation sites (tertiary alicyclic amines) is 1. The van der Waals surface area contributed by atoms with Crippen LogP contribution >= 0.6 is 0 Å². The van der Waals surface area contributed by atoms with Gasteiger partial charge in [0.2, 0.25) is 5.91 Å². The first-order valence-electron chi connectivity index (χ1n) is 9.51. The minimum absolute atomic E-state index is 0.000210. The average Bonchev–Trinajstić information content (AvgIpc) is 2.70. The Labute approximate surface area is 165 Å². The van der Waals surface area contributed by atoms with E-state index in [-0.39, 0.29) is 17.8 Å². The number of rotatable bonds is 6. The largest absolute Gasteiger partial charge is 0.493 e. The van der Waals surface area contributed by atoms with Gasteiger partial charge in [0, 0.05) is 49.9 Å². The first-order chi connectivity index (χ1) is 13.5. The van der Waals surface area contributed by atoms with Crippen molar-refractivity contribution in [2.75, 3.05) is 32.2 Å². The summed E-state index contributed by atoms with van der Waals surface area (Å²) in [7, 11) is 3.17. The van der Waals surface area contributed by atoms with E-state index in [0.717, 1.165) is 31.6 Å². The van der Waals surface area contributed by atoms with Crippen LogP contribution in [0.2, 0.25) is 0 Å². The summed E-state index contributed by atoms with van der Waals surface area (Å²) in [5.74, 6) is 1.07. The summed E-state index contributed by atoms with van der Waals surface area (Å²) in [5, 5.41) is 0. The van der Waals surface area contributed by atoms with E-state index >= 15 is 0 Å². The summed E-state index contributed by atoms with van der Waals surface area (Å²) in [4.78, 5) is 16.5. The Morgan fingerprint density at radius 2 is 1.79 bits per heavy atom. The smallest absolute Gasteiger partial charge is 0.224 e. The van der Waals surface area contributed by atoms with E-state index in [9.17, 15) is 9.18 Å². The molecule has 6 heteroatoms. The standard InChI is InChI=1S/C22H27FN2O3/c1-16(26)25(19-8-9-21(27-2)22(14-19)28-3)18-10-12-24(13-11-18)15-17-6-4-5-7-20(17)23/h4-9,14,18H,10-13,15H2,1-3H3. The van der Waals surface area contributed by atoms with Crippen LogP contribution in [-0.4, -0.2) is 44.2 Å². The van der Waals surface area contributed by atoms with Gasteiger partial charge in [0.05, 0.1) is 14.2 Å². The first kappa shape index (κ1) is 20.1. The molecule has 1 amide bonds. The van der Waals surface area contributed by atoms with E-state index in [1.54, 1.807) is 27.2 Å². The quantitative estimate of drug-likeness (QED) is 0.756. The third kappa shape index (κ3) is 4.44. The number of benzene rings is 2. The van der Waals surface area contributed by atoms with Crippen molar-refractivity contribution in [3.63, 3.8) is 0 Å². The van der Waals surface area contributed by atoms with Crippen LogP contribution in [-0.2, 0) is 11.3 Å². The monoisotopic (exact) mass is 386 g/mol. The van der Waals surface area contributed by atoms with Gasteiger partial charge in [0.25, 0.3) is 0 Å². The van der Waals surface area contributed by atoms with Crippen LogP contribution in [0.15, 0.2) is 42.5 Å². The van der Waals surface area contributed by atoms with E-state index in [2.05, 4.69) is 4.90 Å². The predicted octanol–water partition coefficient (Wildman–Crippen LogP) is 3.86. The number of halogens is 1. The van der Waals surface area contributed by atoms with E-state index in [4.69, 9.17) is 9.47 Å². The SMILES string of the molecule is COc1ccc(N(C(C)=O)C2CCN(Cc3ccccc3F)CC2)cc1OC. The van der Waals surface area contributed by atoms with Crippen molar-refractivity contribution in [2.24, 2.45) is 0 Å². The van der Waals surface area contributed by atoms with Gasteiger partial charge in [-0.2, -0.15) is 0 Å². The predicted molar refractivity (Wildman–Crippen MR) is 107 cm³/mol. The molecule has 1 fully saturated rings. The fourth-order valence-electron chi connectivity index (χ4n) is 3.83. The normalized spacial score (nSPS) is 15.3. The fourth-order valence-corrected chi connectivity index (χ4v) is 3.83. The van der Waals surface area contributed by atoms with Crippen molar-refractivity contribution < 1.29 is 18.7 Å². The zero-order valence-corrected chi connectivity index (χ0v) is 16.7. The topological polar surface area (TPSA) is 42.0 Å². The Balaban J connectivity index is 1.70. The summed E-state index contributed by atoms with van der Waals surface area (Å²) in [6.45, 7) is 3.81. The molecule has 0 atom stereocenters. The van der Waals surface area contributed by atoms with Crippen LogP contribution in [0.3, 0.4) is 0 Å². The van der Waals surface area contributed by atoms with Gasteiger partial charge in [0.15, 0.2) is 11.5 Å². The third-order valence-corrected chi connectivity index (χ3v) is 5.26. The van der Waals surface area contributed by atoms with Crippen molar-refractivity contribution in [3.05, 3.63) is 53.8 Å². The second kappa shape index (κ2) is 9.06. The summed E-state index contributed by atoms with van der Waals surface area (Å²) < 4.78 is 24.6. The Bertz CT molecular complexity index is 819. The molecule has 0 N–H and O–H groups in total. The number of carbonyl (C=O) groups is 1. The number of hydrogen-bond acceptors (Lipinski definition) is 4. The lowest BCUT2D eigenvalue weighted by Crippen LogP contribution is -2.46. The molecule has 0 bridgehead atoms. The Hall–Kier alpha value is -2.60. The molecular formula is C22H27FN2O3. The zero-order chi connectivity index (χ0) is 20.1. The Morgan fingerprint density at radius 3 is 2.39 bits per heavy atom. The van der Waals surface area contributed by atoms with Gasteiger partial charge in [-0.05, 0) is 31.0 Å². The molecule has 0 radical (unpaired) electrons. The molecule has 28 heavy (non-hydrogen) atoms. The number of hydrogen-bond donors (Lipinski definition) is 0. The van der Waals surface area contributed by atoms with Gasteiger partial charge in [-0.3, -0.25) is 9.69 Å². The van der Waals surface area contributed by atoms with Gasteiger partial charge in [0.1, 0.15) is 5.82 Å². The number of amides is 1. The van der Waals surface area contributed by atoms with Crippen molar-refractivity contribution in [2.45, 2.75) is 32.4 Å². The maximum absolute atomic E-state index is 13.9. The molecule has 1 heterocycles. The highest BCUT2D eigenvalue weighted by Gasteiger charge is 2.28. The van der Waals surface area contributed by atoms with E-state index in [1.165, 1.54) is 6.07 Å². The molecule has 0 spiro atoms. The van der Waals surface area contributed by atoms with Crippen molar-refractivity contribution >= 4 is 11.6 Å². The van der Waals surface area contributed by atoms with Gasteiger partial charge in [-0.1, -0.05) is 18.2 Å². The number of nitrogens with zero attached hydrogens (tertiary/aromatic N) is 2. The minimum atomic E-state index is -0.166. The summed E-state index contributed by atoms with van der Waals surface area (Å²) >= 11 is 0. The number of ether oxygens (including phenoxy) is 2. The second-order valence-electron chi connectivity index (χ2n) is 7.03. The van der Waals surface area contributed by atoms with Gasteiger partial charge >= 0.3 is 0 Å². The average molecular weight is 386 g/mol. The summed E-state index contributed by atoms with van der Waals surface area (Å²) in [6, 6.07) is 12.5. The molecule has 2 aromatic rings. The molecule has 0 saturated carbocycles. The number of methoxy groups -OCH3 is 2. The number of carbonyl (C=O) groups excluding carboxylic acids is 1. The number of piperidine rings is 1. The van der Waals surface area contributed by atoms with E-state index in [0.29, 0.717) is 23.6 Å². The summed E-state index contributed by atoms with van der Waals surface area (Å²) in [5.41, 5.74) is 1.52. The maximum atomic E-state index is 13.9. The number of anilines is 1. The summed E-state index contributed by atoms with van der Waals surface area (Å²) in [6.07, 6.45) is 1.67. The maximum Gasteiger partial charge on any atom is 0.224 e. The molecule has 5 nitrogen and oxygen atoms in total. The lowest BCUT2D eigenvalue weighted by atomic mass is 10.0. The third-order valence-electron chi connectivity index (χ3n) is 5.26. The van der Waals surface area contributed by atoms with Crippen molar-refractivity contribution in [3.8, 4) is 11.5 Å². The fraction of sp³-hybridized carbons (Fsp3) is 0.409. The zero-order valence-electron chi connectivity index (χ0n) is 16.7. The highest BCUT2D eigenvalue weighted by Crippen LogP contribution is 2.33. The van der Waals surface area contributed by atoms with E-state index in [1.807, 2.05) is 35.2 Å². The van der Waals surface area contributed by atoms with Crippen molar-refractivity contribution in [1.82, 2.24) is 4.90 Å². The molecule has 0 aliphatic carbocycles. The molecule has 0 aromatic heterocycles. The molecule has 2 aromatic carbocycles. The molecule has 1 saturated heterocycles. The molecular weight excluding hydrogens is 359 g/mol. The molecule has 150 valence electrons. The van der Waals surface area contributed by atoms with Crippen LogP contribution in [0.5, 0.6) is 11.5 Å². The Kier molecular flexibility index (Phi) is 6.52. The van der Waals surface area contributed by atoms with Gasteiger partial charge in [-0.25, -0.2) is 4.39 Å². The lowest BCUT2D eigenvalue weighted by molar-refractivity contribution is -0.117. The molecule has 1 aliphatic rings. The molecule has 3 rings (SSSR count). The van der Waals surface area contributed by atoms with E-state index < -0.39 is 0 Å². The van der Waals surface area contributed by atoms with Crippen LogP contribution in [0, 0.1) is 5.82 Å². The van der Waals surface area contributed by atoms with Crippen molar-refractivity contribution in [1.29, 1.82) is 0 Å². The van der Waals surface area contributed by atoms with Crippen LogP contribution < -0.4 is 14.4 Å². The highest BCUT2D eigenvalue weighted by molar-refractivity contribution is 5.92. The van der Waals surface area contributed by atoms with Crippen LogP contribution in [0.4, 0.5) is 10.1 Å². The van der Waals surface area contributed by atoms with Gasteiger partial charge in [-0.15, -0.1) is 0 Å². The lowest BCUT2D eigenvalue weighted by Gasteiger charge is -2.38. The minimum Gasteiger partial charge on any atom is -0.493 e. The first-order valence-corrected chi connectivity index (χ1v) is 9.51. The van der Waals surface area contributed by atoms with Gasteiger partial charge < -0.3 is 14.4 Å². The van der Waals surface area contributed by atoms with Crippen LogP contribution in [0.1, 0.15) is 25.3 Å². The molecule has 1 aliphatic heterocycles. The van der Waals surface area contributed by atoms with Crippen LogP contribution in [0.25, 0.3) is 0 Å².